The van der Waals surface area contributed by atoms with Crippen LogP contribution in [0.15, 0.2) is 119 Å². The zero-order valence-electron chi connectivity index (χ0n) is 72.9. The minimum atomic E-state index is -4.67. The average molecular weight is 1900 g/mol. The summed E-state index contributed by atoms with van der Waals surface area (Å²) in [5, 5.41) is 10.7. The number of rotatable bonds is 36. The minimum absolute atomic E-state index is 0.0398. The minimum Gasteiger partial charge on any atom is -0.462 e. The quantitative estimate of drug-likeness (QED) is 0.00972. The number of esters is 8. The normalized spacial score (nSPS) is 28.1. The summed E-state index contributed by atoms with van der Waals surface area (Å²) in [7, 11) is -4.67. The van der Waals surface area contributed by atoms with Crippen molar-refractivity contribution in [2.24, 2.45) is 65.6 Å². The fourth-order valence-corrected chi connectivity index (χ4v) is 14.0. The van der Waals surface area contributed by atoms with E-state index in [4.69, 9.17) is 140 Å². The summed E-state index contributed by atoms with van der Waals surface area (Å²) >= 11 is 24.4. The average Bonchev–Trinajstić information content (AvgIpc) is 1.62. The van der Waals surface area contributed by atoms with Crippen LogP contribution in [0.4, 0.5) is 17.6 Å². The number of unbranched alkanes of at least 4 members (excludes halogenated alkanes) is 2. The number of aliphatic hydroxyl groups excluding tert-OH is 1. The highest BCUT2D eigenvalue weighted by Crippen LogP contribution is 2.52. The summed E-state index contributed by atoms with van der Waals surface area (Å²) in [4.78, 5) is 117. The van der Waals surface area contributed by atoms with Crippen LogP contribution in [0.25, 0.3) is 0 Å². The van der Waals surface area contributed by atoms with Gasteiger partial charge in [-0.05, 0) is 78.7 Å². The van der Waals surface area contributed by atoms with Crippen molar-refractivity contribution >= 4 is 125 Å². The molecule has 0 bridgehead atoms. The standard InChI is InChI=1S/C23H36ClFN3O10P.C21H31ClFN3O5.C19H27ClFN3O5.C17H23ClFN3O5/c1-14-27-15(26)8-9-28(14)18-16(25)17(29)23(10-24,38-18)11-35-39(32,36-12-33-19(30)21(2,3)4)37-13-34-20(31)22(5,6)7;1-4-6-8-16(27)29-13-21(12-22)19(30-17(28)9-7-5-2)18(23)20(31-21)26-11-10-15(24)25-14(26)3;1-10(2)17(25)27-9-19(8-20)15(28-18(26)11(3)4)14(21)16(29-19)24-7-6-13(22)23-12(24)5;1-4-12(23)25-9-17(8-18)15(26-13(24)5-2)14(19)16(27-17)22-7-6-11(20)21-10(22)3/h8-9,16-18,29H,1,10-13H2,2-7H3,(H2,26,27);10-11,18-20H,3-9,12-13H2,1-2H3,(H2,24,25);6-7,10-11,14-16H,5,8-9H2,1-4H3,(H2,22,23);6-7,14-16H,3-5,8-9H2,1-2H3,(H2,20,21)/t16-,17+,18-,23-;18-,19+,20-,21-;14-,15+,16-,19-;14-,15+,16-,17-/m1111/s1. The Bertz CT molecular complexity index is 4160. The summed E-state index contributed by atoms with van der Waals surface area (Å²) in [5.41, 5.74) is 14.1. The Morgan fingerprint density at radius 1 is 0.460 bits per heavy atom. The van der Waals surface area contributed by atoms with Crippen molar-refractivity contribution in [3.63, 3.8) is 0 Å². The van der Waals surface area contributed by atoms with Gasteiger partial charge in [-0.15, -0.1) is 46.4 Å². The van der Waals surface area contributed by atoms with Gasteiger partial charge in [-0.1, -0.05) is 94.5 Å². The molecule has 0 unspecified atom stereocenters. The Morgan fingerprint density at radius 2 is 0.770 bits per heavy atom. The third-order valence-electron chi connectivity index (χ3n) is 19.3. The molecule has 0 aliphatic carbocycles. The van der Waals surface area contributed by atoms with Crippen molar-refractivity contribution in [2.75, 3.05) is 63.5 Å². The van der Waals surface area contributed by atoms with Gasteiger partial charge in [-0.3, -0.25) is 42.9 Å². The van der Waals surface area contributed by atoms with Gasteiger partial charge in [-0.2, -0.15) is 0 Å². The predicted molar refractivity (Wildman–Crippen MR) is 454 cm³/mol. The Kier molecular flexibility index (Phi) is 40.9. The Balaban J connectivity index is 0.000000301. The van der Waals surface area contributed by atoms with E-state index in [0.29, 0.717) is 12.8 Å². The van der Waals surface area contributed by atoms with Crippen molar-refractivity contribution in [3.05, 3.63) is 98.7 Å². The molecule has 8 aliphatic heterocycles. The molecule has 0 radical (unpaired) electrons. The molecule has 4 saturated heterocycles. The van der Waals surface area contributed by atoms with Crippen molar-refractivity contribution < 1.29 is 136 Å². The molecular formula is C80H117Cl4F4N12O25P. The number of nitrogens with zero attached hydrogens (tertiary/aromatic N) is 8. The molecule has 46 heteroatoms. The van der Waals surface area contributed by atoms with Crippen LogP contribution in [0.1, 0.15) is 148 Å². The summed E-state index contributed by atoms with van der Waals surface area (Å²) in [6.07, 6.45) is -3.70. The number of phosphoric acid groups is 1. The first-order chi connectivity index (χ1) is 58.9. The largest absolute Gasteiger partial charge is 0.480 e. The number of nitrogens with two attached hydrogens (primary N) is 4. The smallest absolute Gasteiger partial charge is 0.462 e. The summed E-state index contributed by atoms with van der Waals surface area (Å²) in [6.45, 7) is 34.5. The van der Waals surface area contributed by atoms with Gasteiger partial charge in [0.15, 0.2) is 84.7 Å². The fourth-order valence-electron chi connectivity index (χ4n) is 11.8. The van der Waals surface area contributed by atoms with Crippen LogP contribution in [0.3, 0.4) is 0 Å². The highest BCUT2D eigenvalue weighted by Gasteiger charge is 2.64. The molecule has 8 aliphatic rings. The second kappa shape index (κ2) is 47.7. The van der Waals surface area contributed by atoms with Gasteiger partial charge in [0.1, 0.15) is 78.2 Å². The topological polar surface area (TPSA) is 479 Å². The summed E-state index contributed by atoms with van der Waals surface area (Å²) < 4.78 is 156. The molecule has 708 valence electrons. The number of amidine groups is 4. The van der Waals surface area contributed by atoms with E-state index >= 15 is 17.6 Å². The molecule has 8 heterocycles. The van der Waals surface area contributed by atoms with Gasteiger partial charge in [0.2, 0.25) is 13.6 Å². The van der Waals surface area contributed by atoms with Gasteiger partial charge < -0.3 is 104 Å². The molecule has 16 atom stereocenters. The van der Waals surface area contributed by atoms with Crippen molar-refractivity contribution in [1.82, 2.24) is 19.6 Å². The SMILES string of the molecule is C=C1N=C(N)C=CN1[C@@H]1O[C@](CCl)(COC(=O)C(C)C)[C@@H](OC(=O)C(C)C)[C@H]1F.C=C1N=C(N)C=CN1[C@@H]1O[C@](CCl)(COC(=O)CC)[C@@H](OC(=O)CC)[C@H]1F.C=C1N=C(N)C=CN1[C@@H]1O[C@](CCl)(COC(=O)CCCC)[C@@H](OC(=O)CCCC)[C@H]1F.C=C1N=C(N)C=CN1[C@@H]1O[C@](CCl)(COP(=O)(OCOC(=O)C(C)(C)C)OCOC(=O)C(C)(C)C)[C@@H](O)[C@H]1F. The third kappa shape index (κ3) is 28.5. The number of carbonyl (C=O) groups is 8. The van der Waals surface area contributed by atoms with Gasteiger partial charge >= 0.3 is 55.6 Å². The lowest BCUT2D eigenvalue weighted by Crippen LogP contribution is -2.51. The molecule has 0 aromatic heterocycles. The number of phosphoric ester groups is 1. The van der Waals surface area contributed by atoms with E-state index in [2.05, 4.69) is 46.3 Å². The van der Waals surface area contributed by atoms with Crippen molar-refractivity contribution in [2.45, 2.75) is 245 Å². The van der Waals surface area contributed by atoms with Crippen LogP contribution < -0.4 is 22.9 Å². The molecule has 0 spiro atoms. The zero-order valence-corrected chi connectivity index (χ0v) is 76.8. The highest BCUT2D eigenvalue weighted by molar-refractivity contribution is 7.48. The zero-order chi connectivity index (χ0) is 94.9. The molecule has 0 aromatic rings. The number of aliphatic imine (C=N–C) groups is 4. The first-order valence-corrected chi connectivity index (χ1v) is 43.7. The van der Waals surface area contributed by atoms with E-state index in [1.54, 1.807) is 83.1 Å². The number of hydrogen-bond donors (Lipinski definition) is 5. The van der Waals surface area contributed by atoms with Crippen molar-refractivity contribution in [3.8, 4) is 0 Å². The predicted octanol–water partition coefficient (Wildman–Crippen LogP) is 9.75. The third-order valence-corrected chi connectivity index (χ3v) is 22.4. The van der Waals surface area contributed by atoms with E-state index in [9.17, 15) is 48.0 Å². The maximum Gasteiger partial charge on any atom is 0.480 e. The number of carbonyl (C=O) groups excluding carboxylic acids is 8. The molecular weight excluding hydrogens is 1780 g/mol. The molecule has 8 rings (SSSR count). The van der Waals surface area contributed by atoms with Crippen LogP contribution in [-0.4, -0.2) is 256 Å². The number of alkyl halides is 8. The molecule has 0 saturated carbocycles. The van der Waals surface area contributed by atoms with Crippen LogP contribution in [-0.2, 0) is 113 Å². The number of ether oxygens (including phenoxy) is 12. The first-order valence-electron chi connectivity index (χ1n) is 40.1. The van der Waals surface area contributed by atoms with E-state index < -0.39 is 201 Å². The van der Waals surface area contributed by atoms with Crippen molar-refractivity contribution in [1.29, 1.82) is 0 Å². The van der Waals surface area contributed by atoms with Gasteiger partial charge in [0, 0.05) is 50.5 Å². The number of aliphatic hydroxyl groups is 1. The second-order valence-corrected chi connectivity index (χ2v) is 34.9. The Labute approximate surface area is 749 Å². The lowest BCUT2D eigenvalue weighted by atomic mass is 9.98. The van der Waals surface area contributed by atoms with E-state index in [1.807, 2.05) is 13.8 Å². The van der Waals surface area contributed by atoms with Gasteiger partial charge in [-0.25, -0.2) is 51.1 Å². The molecule has 37 nitrogen and oxygen atoms in total. The van der Waals surface area contributed by atoms with Gasteiger partial charge in [0.25, 0.3) is 0 Å². The number of halogens is 8. The van der Waals surface area contributed by atoms with Gasteiger partial charge in [0.05, 0.1) is 52.8 Å². The van der Waals surface area contributed by atoms with E-state index in [-0.39, 0.29) is 110 Å². The number of hydrogen-bond acceptors (Lipinski definition) is 37. The maximum atomic E-state index is 15.6. The summed E-state index contributed by atoms with van der Waals surface area (Å²) in [5.74, 6) is -5.61. The molecule has 0 amide bonds. The van der Waals surface area contributed by atoms with Crippen LogP contribution in [0, 0.1) is 22.7 Å². The molecule has 126 heavy (non-hydrogen) atoms. The Morgan fingerprint density at radius 3 is 1.09 bits per heavy atom. The fraction of sp³-hybridized carbons (Fsp3) is 0.650. The van der Waals surface area contributed by atoms with E-state index in [1.165, 1.54) is 68.7 Å². The van der Waals surface area contributed by atoms with Crippen LogP contribution in [0.2, 0.25) is 0 Å². The Hall–Kier alpha value is -8.45. The first kappa shape index (κ1) is 108. The van der Waals surface area contributed by atoms with Crippen LogP contribution >= 0.6 is 54.2 Å². The highest BCUT2D eigenvalue weighted by atomic mass is 35.5. The molecule has 9 N–H and O–H groups in total. The lowest BCUT2D eigenvalue weighted by molar-refractivity contribution is -0.178. The maximum absolute atomic E-state index is 15.6. The summed E-state index contributed by atoms with van der Waals surface area (Å²) in [6, 6.07) is 0. The molecule has 4 fully saturated rings. The second-order valence-electron chi connectivity index (χ2n) is 32.2. The molecule has 0 aromatic carbocycles. The monoisotopic (exact) mass is 1890 g/mol. The lowest BCUT2D eigenvalue weighted by Gasteiger charge is -2.33. The van der Waals surface area contributed by atoms with E-state index in [0.717, 1.165) is 12.8 Å². The van der Waals surface area contributed by atoms with Crippen LogP contribution in [0.5, 0.6) is 0 Å².